The Bertz CT molecular complexity index is 798. The zero-order valence-corrected chi connectivity index (χ0v) is 14.6. The Balaban J connectivity index is 0.00000109. The number of carbonyl (C=O) groups is 1. The fourth-order valence-corrected chi connectivity index (χ4v) is 2.60. The highest BCUT2D eigenvalue weighted by molar-refractivity contribution is 5.96. The number of hydrogen-bond acceptors (Lipinski definition) is 5. The number of nitrogens with two attached hydrogens (primary N) is 2. The van der Waals surface area contributed by atoms with Crippen LogP contribution in [0.3, 0.4) is 0 Å². The van der Waals surface area contributed by atoms with E-state index in [1.54, 1.807) is 12.3 Å². The number of aliphatic imine (C=N–C) groups is 1. The lowest BCUT2D eigenvalue weighted by molar-refractivity contribution is -0.119. The number of carbonyl (C=O) groups excluding carboxylic acids is 1. The average Bonchev–Trinajstić information content (AvgIpc) is 3.00. The third-order valence-corrected chi connectivity index (χ3v) is 3.73. The van der Waals surface area contributed by atoms with Crippen LogP contribution in [-0.2, 0) is 17.9 Å². The van der Waals surface area contributed by atoms with Crippen LogP contribution in [0, 0.1) is 5.82 Å². The Kier molecular flexibility index (Phi) is 5.74. The fraction of sp³-hybridized carbons (Fsp3) is 0.353. The molecule has 134 valence electrons. The molecule has 1 amide bonds. The third-order valence-electron chi connectivity index (χ3n) is 3.73. The minimum absolute atomic E-state index is 0.154. The predicted octanol–water partition coefficient (Wildman–Crippen LogP) is 1.73. The number of nitrogen functional groups attached to an aromatic ring is 1. The van der Waals surface area contributed by atoms with Gasteiger partial charge >= 0.3 is 0 Å². The Morgan fingerprint density at radius 1 is 1.40 bits per heavy atom. The van der Waals surface area contributed by atoms with Gasteiger partial charge < -0.3 is 21.4 Å². The van der Waals surface area contributed by atoms with Crippen LogP contribution in [0.1, 0.15) is 43.9 Å². The topological polar surface area (TPSA) is 111 Å². The minimum atomic E-state index is -0.490. The van der Waals surface area contributed by atoms with Crippen LogP contribution in [0.15, 0.2) is 29.4 Å². The highest BCUT2D eigenvalue weighted by Gasteiger charge is 2.25. The first-order valence-corrected chi connectivity index (χ1v) is 8.13. The second-order valence-electron chi connectivity index (χ2n) is 5.39. The molecule has 25 heavy (non-hydrogen) atoms. The fourth-order valence-electron chi connectivity index (χ4n) is 2.60. The number of fused-ring (bicyclic) bond motifs is 1. The van der Waals surface area contributed by atoms with Gasteiger partial charge in [-0.05, 0) is 18.2 Å². The Hall–Kier alpha value is -2.90. The van der Waals surface area contributed by atoms with Gasteiger partial charge in [-0.25, -0.2) is 9.37 Å². The molecule has 3 rings (SSSR count). The molecule has 1 aromatic heterocycles. The summed E-state index contributed by atoms with van der Waals surface area (Å²) < 4.78 is 15.9. The molecule has 0 saturated carbocycles. The normalized spacial score (nSPS) is 15.5. The van der Waals surface area contributed by atoms with Crippen molar-refractivity contribution in [2.45, 2.75) is 39.9 Å². The van der Waals surface area contributed by atoms with E-state index >= 15 is 0 Å². The second-order valence-corrected chi connectivity index (χ2v) is 5.39. The monoisotopic (exact) mass is 346 g/mol. The maximum absolute atomic E-state index is 14.1. The maximum Gasteiger partial charge on any atom is 0.217 e. The summed E-state index contributed by atoms with van der Waals surface area (Å²) in [5.74, 6) is 0.387. The van der Waals surface area contributed by atoms with E-state index in [0.29, 0.717) is 29.3 Å². The van der Waals surface area contributed by atoms with Gasteiger partial charge in [0.25, 0.3) is 0 Å². The molecule has 8 heteroatoms. The molecule has 7 nitrogen and oxygen atoms in total. The summed E-state index contributed by atoms with van der Waals surface area (Å²) in [5, 5.41) is 2.69. The molecule has 1 aliphatic rings. The summed E-state index contributed by atoms with van der Waals surface area (Å²) in [6.45, 7) is 6.08. The number of benzene rings is 1. The largest absolute Gasteiger partial charge is 0.399 e. The molecule has 1 aliphatic heterocycles. The molecule has 1 unspecified atom stereocenters. The first-order chi connectivity index (χ1) is 12.0. The number of nitrogens with one attached hydrogen (secondary N) is 1. The first-order valence-electron chi connectivity index (χ1n) is 8.13. The number of amides is 1. The van der Waals surface area contributed by atoms with Gasteiger partial charge in [0.1, 0.15) is 23.2 Å². The van der Waals surface area contributed by atoms with Crippen LogP contribution in [-0.4, -0.2) is 21.3 Å². The Morgan fingerprint density at radius 3 is 2.80 bits per heavy atom. The van der Waals surface area contributed by atoms with Gasteiger partial charge in [0.2, 0.25) is 5.91 Å². The molecule has 1 atom stereocenters. The van der Waals surface area contributed by atoms with E-state index in [1.165, 1.54) is 19.1 Å². The van der Waals surface area contributed by atoms with Crippen LogP contribution in [0.5, 0.6) is 0 Å². The molecule has 2 aromatic rings. The minimum Gasteiger partial charge on any atom is -0.399 e. The lowest BCUT2D eigenvalue weighted by Gasteiger charge is -2.23. The Morgan fingerprint density at radius 2 is 2.12 bits per heavy atom. The van der Waals surface area contributed by atoms with E-state index in [4.69, 9.17) is 11.5 Å². The van der Waals surface area contributed by atoms with Gasteiger partial charge in [-0.3, -0.25) is 9.79 Å². The van der Waals surface area contributed by atoms with Crippen molar-refractivity contribution in [3.63, 3.8) is 0 Å². The molecule has 1 aromatic carbocycles. The zero-order chi connectivity index (χ0) is 18.6. The summed E-state index contributed by atoms with van der Waals surface area (Å²) in [5.41, 5.74) is 13.2. The first kappa shape index (κ1) is 18.4. The maximum atomic E-state index is 14.1. The molecule has 0 bridgehead atoms. The molecule has 2 heterocycles. The van der Waals surface area contributed by atoms with Gasteiger partial charge in [0.05, 0.1) is 25.3 Å². The molecular weight excluding hydrogens is 323 g/mol. The number of halogens is 1. The third kappa shape index (κ3) is 3.96. The van der Waals surface area contributed by atoms with Crippen molar-refractivity contribution in [2.24, 2.45) is 10.7 Å². The predicted molar refractivity (Wildman–Crippen MR) is 95.4 cm³/mol. The van der Waals surface area contributed by atoms with Crippen molar-refractivity contribution in [1.29, 1.82) is 0 Å². The molecule has 0 spiro atoms. The number of amidine groups is 1. The van der Waals surface area contributed by atoms with E-state index in [0.717, 1.165) is 0 Å². The van der Waals surface area contributed by atoms with E-state index in [1.807, 2.05) is 18.4 Å². The highest BCUT2D eigenvalue weighted by Crippen LogP contribution is 2.29. The lowest BCUT2D eigenvalue weighted by Crippen LogP contribution is -2.29. The van der Waals surface area contributed by atoms with E-state index in [9.17, 15) is 9.18 Å². The van der Waals surface area contributed by atoms with Crippen molar-refractivity contribution in [1.82, 2.24) is 14.9 Å². The zero-order valence-electron chi connectivity index (χ0n) is 14.6. The summed E-state index contributed by atoms with van der Waals surface area (Å²) >= 11 is 0. The van der Waals surface area contributed by atoms with Crippen LogP contribution >= 0.6 is 0 Å². The summed E-state index contributed by atoms with van der Waals surface area (Å²) in [4.78, 5) is 19.7. The smallest absolute Gasteiger partial charge is 0.217 e. The number of anilines is 1. The van der Waals surface area contributed by atoms with Gasteiger partial charge in [0.15, 0.2) is 0 Å². The number of imidazole rings is 1. The van der Waals surface area contributed by atoms with Crippen molar-refractivity contribution in [2.75, 3.05) is 5.73 Å². The molecule has 0 radical (unpaired) electrons. The van der Waals surface area contributed by atoms with E-state index in [2.05, 4.69) is 15.3 Å². The summed E-state index contributed by atoms with van der Waals surface area (Å²) in [6.07, 6.45) is 1.60. The van der Waals surface area contributed by atoms with Crippen molar-refractivity contribution >= 4 is 17.4 Å². The second kappa shape index (κ2) is 7.78. The van der Waals surface area contributed by atoms with Crippen molar-refractivity contribution in [3.05, 3.63) is 47.3 Å². The van der Waals surface area contributed by atoms with Crippen LogP contribution in [0.4, 0.5) is 10.1 Å². The SMILES string of the molecule is CC.CC(=O)NCc1ncc2n1CC(c1cc(N)ccc1F)N=C2N. The highest BCUT2D eigenvalue weighted by atomic mass is 19.1. The van der Waals surface area contributed by atoms with Crippen LogP contribution < -0.4 is 16.8 Å². The number of hydrogen-bond donors (Lipinski definition) is 3. The molecule has 0 aliphatic carbocycles. The number of aromatic nitrogens is 2. The lowest BCUT2D eigenvalue weighted by atomic mass is 10.0. The molecule has 0 saturated heterocycles. The van der Waals surface area contributed by atoms with E-state index in [-0.39, 0.29) is 24.1 Å². The van der Waals surface area contributed by atoms with Gasteiger partial charge in [-0.15, -0.1) is 0 Å². The Labute approximate surface area is 145 Å². The standard InChI is InChI=1S/C15H17FN6O.C2H6/c1-8(23)19-6-14-20-5-13-15(18)21-12(7-22(13)14)10-4-9(17)2-3-11(10)16;1-2/h2-5,12H,6-7,17H2,1H3,(H2,18,21)(H,19,23);1-2H3. The summed E-state index contributed by atoms with van der Waals surface area (Å²) in [7, 11) is 0. The number of rotatable bonds is 3. The summed E-state index contributed by atoms with van der Waals surface area (Å²) in [6, 6.07) is 3.89. The quantitative estimate of drug-likeness (QED) is 0.735. The van der Waals surface area contributed by atoms with Gasteiger partial charge in [0, 0.05) is 18.2 Å². The molecule has 5 N–H and O–H groups in total. The number of nitrogens with zero attached hydrogens (tertiary/aromatic N) is 3. The van der Waals surface area contributed by atoms with Gasteiger partial charge in [-0.1, -0.05) is 13.8 Å². The van der Waals surface area contributed by atoms with E-state index < -0.39 is 6.04 Å². The van der Waals surface area contributed by atoms with Crippen molar-refractivity contribution < 1.29 is 9.18 Å². The molecule has 0 fully saturated rings. The van der Waals surface area contributed by atoms with Crippen molar-refractivity contribution in [3.8, 4) is 0 Å². The van der Waals surface area contributed by atoms with Crippen LogP contribution in [0.2, 0.25) is 0 Å². The average molecular weight is 346 g/mol. The van der Waals surface area contributed by atoms with Crippen LogP contribution in [0.25, 0.3) is 0 Å². The van der Waals surface area contributed by atoms with Gasteiger partial charge in [-0.2, -0.15) is 0 Å². The molecular formula is C17H23FN6O.